The van der Waals surface area contributed by atoms with Gasteiger partial charge in [0.15, 0.2) is 0 Å². The van der Waals surface area contributed by atoms with Crippen molar-refractivity contribution < 1.29 is 4.52 Å². The number of benzene rings is 1. The molecule has 100 valence electrons. The third kappa shape index (κ3) is 1.91. The Morgan fingerprint density at radius 3 is 3.15 bits per heavy atom. The number of nitrogens with zero attached hydrogens (tertiary/aromatic N) is 2. The minimum atomic E-state index is 0.603. The van der Waals surface area contributed by atoms with Crippen LogP contribution in [0.1, 0.15) is 12.0 Å². The molecule has 5 heteroatoms. The molecule has 0 atom stereocenters. The summed E-state index contributed by atoms with van der Waals surface area (Å²) in [5.74, 6) is 1.26. The van der Waals surface area contributed by atoms with Crippen LogP contribution in [0.4, 0.5) is 5.69 Å². The standard InChI is InChI=1S/C15H13N3OS/c1-3-12(11-4-2-7-16-13(11)5-1)15-17-14(18-19-15)10-6-8-20-9-10/h1,3,5-6,8-9,16H,2,4,7H2. The lowest BCUT2D eigenvalue weighted by Crippen LogP contribution is -2.12. The van der Waals surface area contributed by atoms with Crippen molar-refractivity contribution in [2.45, 2.75) is 12.8 Å². The first-order chi connectivity index (χ1) is 9.92. The number of thiophene rings is 1. The van der Waals surface area contributed by atoms with Gasteiger partial charge in [0.2, 0.25) is 5.82 Å². The maximum absolute atomic E-state index is 5.46. The fourth-order valence-corrected chi connectivity index (χ4v) is 3.19. The quantitative estimate of drug-likeness (QED) is 0.776. The molecule has 0 radical (unpaired) electrons. The van der Waals surface area contributed by atoms with E-state index in [4.69, 9.17) is 4.52 Å². The Hall–Kier alpha value is -2.14. The Morgan fingerprint density at radius 1 is 1.25 bits per heavy atom. The van der Waals surface area contributed by atoms with Gasteiger partial charge in [-0.05, 0) is 42.0 Å². The van der Waals surface area contributed by atoms with Gasteiger partial charge >= 0.3 is 0 Å². The van der Waals surface area contributed by atoms with Gasteiger partial charge in [-0.1, -0.05) is 11.2 Å². The van der Waals surface area contributed by atoms with Crippen LogP contribution >= 0.6 is 11.3 Å². The molecule has 0 aliphatic carbocycles. The Balaban J connectivity index is 1.78. The minimum Gasteiger partial charge on any atom is -0.385 e. The summed E-state index contributed by atoms with van der Waals surface area (Å²) in [6.45, 7) is 1.03. The summed E-state index contributed by atoms with van der Waals surface area (Å²) in [6.07, 6.45) is 2.18. The molecule has 1 N–H and O–H groups in total. The third-order valence-corrected chi connectivity index (χ3v) is 4.21. The van der Waals surface area contributed by atoms with Gasteiger partial charge in [0.05, 0.1) is 0 Å². The van der Waals surface area contributed by atoms with Crippen LogP contribution in [0.3, 0.4) is 0 Å². The maximum Gasteiger partial charge on any atom is 0.258 e. The molecule has 0 unspecified atom stereocenters. The summed E-state index contributed by atoms with van der Waals surface area (Å²) in [7, 11) is 0. The van der Waals surface area contributed by atoms with Crippen LogP contribution in [0.5, 0.6) is 0 Å². The normalized spacial score (nSPS) is 13.8. The lowest BCUT2D eigenvalue weighted by Gasteiger charge is -2.19. The number of anilines is 1. The molecule has 3 heterocycles. The first kappa shape index (κ1) is 11.7. The maximum atomic E-state index is 5.46. The molecule has 20 heavy (non-hydrogen) atoms. The molecule has 0 spiro atoms. The topological polar surface area (TPSA) is 51.0 Å². The van der Waals surface area contributed by atoms with Crippen molar-refractivity contribution in [1.82, 2.24) is 10.1 Å². The van der Waals surface area contributed by atoms with Crippen LogP contribution in [0, 0.1) is 0 Å². The van der Waals surface area contributed by atoms with Crippen LogP contribution in [0.15, 0.2) is 39.5 Å². The molecule has 1 aliphatic heterocycles. The molecule has 0 saturated heterocycles. The van der Waals surface area contributed by atoms with E-state index in [0.717, 1.165) is 30.5 Å². The summed E-state index contributed by atoms with van der Waals surface area (Å²) in [6, 6.07) is 8.19. The number of rotatable bonds is 2. The minimum absolute atomic E-state index is 0.603. The lowest BCUT2D eigenvalue weighted by atomic mass is 9.97. The van der Waals surface area contributed by atoms with Crippen LogP contribution < -0.4 is 5.32 Å². The van der Waals surface area contributed by atoms with Crippen LogP contribution in [-0.2, 0) is 6.42 Å². The number of hydrogen-bond donors (Lipinski definition) is 1. The Kier molecular flexibility index (Phi) is 2.77. The first-order valence-electron chi connectivity index (χ1n) is 6.64. The number of fused-ring (bicyclic) bond motifs is 1. The van der Waals surface area contributed by atoms with Crippen molar-refractivity contribution in [3.05, 3.63) is 40.6 Å². The third-order valence-electron chi connectivity index (χ3n) is 3.53. The zero-order valence-electron chi connectivity index (χ0n) is 10.8. The zero-order chi connectivity index (χ0) is 13.4. The average Bonchev–Trinajstić information content (AvgIpc) is 3.17. The van der Waals surface area contributed by atoms with Gasteiger partial charge in [-0.2, -0.15) is 16.3 Å². The van der Waals surface area contributed by atoms with Crippen molar-refractivity contribution >= 4 is 17.0 Å². The molecule has 1 aliphatic rings. The second-order valence-electron chi connectivity index (χ2n) is 4.80. The first-order valence-corrected chi connectivity index (χ1v) is 7.58. The number of aromatic nitrogens is 2. The molecule has 4 nitrogen and oxygen atoms in total. The molecular weight excluding hydrogens is 270 g/mol. The fourth-order valence-electron chi connectivity index (χ4n) is 2.55. The molecule has 0 saturated carbocycles. The van der Waals surface area contributed by atoms with E-state index >= 15 is 0 Å². The summed E-state index contributed by atoms with van der Waals surface area (Å²) >= 11 is 1.63. The molecule has 2 aromatic heterocycles. The summed E-state index contributed by atoms with van der Waals surface area (Å²) < 4.78 is 5.46. The fraction of sp³-hybridized carbons (Fsp3) is 0.200. The van der Waals surface area contributed by atoms with Gasteiger partial charge in [-0.3, -0.25) is 0 Å². The number of hydrogen-bond acceptors (Lipinski definition) is 5. The van der Waals surface area contributed by atoms with E-state index in [1.807, 2.05) is 22.9 Å². The number of nitrogens with one attached hydrogen (secondary N) is 1. The average molecular weight is 283 g/mol. The second-order valence-corrected chi connectivity index (χ2v) is 5.58. The predicted molar refractivity (Wildman–Crippen MR) is 79.9 cm³/mol. The van der Waals surface area contributed by atoms with Crippen molar-refractivity contribution in [2.24, 2.45) is 0 Å². The van der Waals surface area contributed by atoms with E-state index in [2.05, 4.69) is 27.6 Å². The zero-order valence-corrected chi connectivity index (χ0v) is 11.6. The van der Waals surface area contributed by atoms with Gasteiger partial charge in [0.25, 0.3) is 5.89 Å². The van der Waals surface area contributed by atoms with Gasteiger partial charge in [0, 0.05) is 28.7 Å². The van der Waals surface area contributed by atoms with Crippen molar-refractivity contribution in [2.75, 3.05) is 11.9 Å². The summed E-state index contributed by atoms with van der Waals surface area (Å²) in [4.78, 5) is 4.53. The van der Waals surface area contributed by atoms with Gasteiger partial charge < -0.3 is 9.84 Å². The van der Waals surface area contributed by atoms with E-state index in [0.29, 0.717) is 11.7 Å². The van der Waals surface area contributed by atoms with Crippen LogP contribution in [-0.4, -0.2) is 16.7 Å². The van der Waals surface area contributed by atoms with E-state index in [1.54, 1.807) is 11.3 Å². The largest absolute Gasteiger partial charge is 0.385 e. The Labute approximate surface area is 120 Å². The molecule has 0 amide bonds. The van der Waals surface area contributed by atoms with Crippen LogP contribution in [0.2, 0.25) is 0 Å². The lowest BCUT2D eigenvalue weighted by molar-refractivity contribution is 0.432. The molecular formula is C15H13N3OS. The molecule has 4 rings (SSSR count). The molecule has 1 aromatic carbocycles. The van der Waals surface area contributed by atoms with Gasteiger partial charge in [-0.15, -0.1) is 0 Å². The van der Waals surface area contributed by atoms with Crippen LogP contribution in [0.25, 0.3) is 22.8 Å². The summed E-state index contributed by atoms with van der Waals surface area (Å²) in [5.41, 5.74) is 4.51. The van der Waals surface area contributed by atoms with E-state index in [9.17, 15) is 0 Å². The highest BCUT2D eigenvalue weighted by atomic mass is 32.1. The Morgan fingerprint density at radius 2 is 2.25 bits per heavy atom. The van der Waals surface area contributed by atoms with Crippen molar-refractivity contribution in [3.8, 4) is 22.8 Å². The van der Waals surface area contributed by atoms with Gasteiger partial charge in [0.1, 0.15) is 0 Å². The second kappa shape index (κ2) is 4.76. The highest BCUT2D eigenvalue weighted by Crippen LogP contribution is 2.32. The van der Waals surface area contributed by atoms with E-state index < -0.39 is 0 Å². The molecule has 0 bridgehead atoms. The molecule has 0 fully saturated rings. The van der Waals surface area contributed by atoms with E-state index in [1.165, 1.54) is 11.3 Å². The highest BCUT2D eigenvalue weighted by Gasteiger charge is 2.18. The summed E-state index contributed by atoms with van der Waals surface area (Å²) in [5, 5.41) is 11.5. The smallest absolute Gasteiger partial charge is 0.258 e. The van der Waals surface area contributed by atoms with Gasteiger partial charge in [-0.25, -0.2) is 0 Å². The van der Waals surface area contributed by atoms with Crippen molar-refractivity contribution in [3.63, 3.8) is 0 Å². The monoisotopic (exact) mass is 283 g/mol. The Bertz CT molecular complexity index is 733. The van der Waals surface area contributed by atoms with E-state index in [-0.39, 0.29) is 0 Å². The SMILES string of the molecule is c1cc2c(c(-c3nc(-c4ccsc4)no3)c1)CCCN2. The van der Waals surface area contributed by atoms with Crippen molar-refractivity contribution in [1.29, 1.82) is 0 Å². The highest BCUT2D eigenvalue weighted by molar-refractivity contribution is 7.08. The predicted octanol–water partition coefficient (Wildman–Crippen LogP) is 3.82. The molecule has 3 aromatic rings.